The van der Waals surface area contributed by atoms with Crippen LogP contribution in [0.2, 0.25) is 0 Å². The molecule has 0 fully saturated rings. The molecule has 102 valence electrons. The molecule has 0 aliphatic carbocycles. The maximum Gasteiger partial charge on any atom is 0.139 e. The Kier molecular flexibility index (Phi) is 4.58. The first-order chi connectivity index (χ1) is 9.16. The van der Waals surface area contributed by atoms with E-state index in [4.69, 9.17) is 10.5 Å². The molecule has 2 rings (SSSR count). The average Bonchev–Trinajstić information content (AvgIpc) is 2.84. The number of benzene rings is 1. The number of ether oxygens (including phenoxy) is 1. The number of anilines is 1. The first kappa shape index (κ1) is 13.6. The molecule has 0 spiro atoms. The minimum atomic E-state index is 0.569. The van der Waals surface area contributed by atoms with Crippen LogP contribution in [0.1, 0.15) is 13.8 Å². The standard InChI is InChI=1S/C15H21N3O/c1-12(2)11-19-10-9-18-8-7-17-15(18)13-3-5-14(16)6-4-13/h3-8,12H,9-11,16H2,1-2H3. The van der Waals surface area contributed by atoms with Crippen LogP contribution in [-0.4, -0.2) is 22.8 Å². The fourth-order valence-corrected chi connectivity index (χ4v) is 1.86. The van der Waals surface area contributed by atoms with Gasteiger partial charge in [-0.25, -0.2) is 4.98 Å². The second kappa shape index (κ2) is 6.38. The average molecular weight is 259 g/mol. The van der Waals surface area contributed by atoms with Gasteiger partial charge in [0.15, 0.2) is 0 Å². The summed E-state index contributed by atoms with van der Waals surface area (Å²) < 4.78 is 7.71. The van der Waals surface area contributed by atoms with Gasteiger partial charge in [-0.2, -0.15) is 0 Å². The molecule has 1 heterocycles. The Balaban J connectivity index is 1.99. The Morgan fingerprint density at radius 1 is 1.26 bits per heavy atom. The lowest BCUT2D eigenvalue weighted by atomic mass is 10.2. The molecule has 0 aliphatic rings. The lowest BCUT2D eigenvalue weighted by Crippen LogP contribution is -2.09. The largest absolute Gasteiger partial charge is 0.399 e. The van der Waals surface area contributed by atoms with Crippen LogP contribution in [0, 0.1) is 5.92 Å². The van der Waals surface area contributed by atoms with Crippen molar-refractivity contribution in [3.05, 3.63) is 36.7 Å². The van der Waals surface area contributed by atoms with Crippen molar-refractivity contribution in [2.24, 2.45) is 5.92 Å². The Hall–Kier alpha value is -1.81. The summed E-state index contributed by atoms with van der Waals surface area (Å²) in [5.41, 5.74) is 7.54. The van der Waals surface area contributed by atoms with Crippen molar-refractivity contribution in [2.45, 2.75) is 20.4 Å². The quantitative estimate of drug-likeness (QED) is 0.641. The molecule has 1 aromatic heterocycles. The zero-order valence-electron chi connectivity index (χ0n) is 11.5. The van der Waals surface area contributed by atoms with E-state index < -0.39 is 0 Å². The van der Waals surface area contributed by atoms with Gasteiger partial charge in [-0.1, -0.05) is 13.8 Å². The number of nitrogens with zero attached hydrogens (tertiary/aromatic N) is 2. The van der Waals surface area contributed by atoms with Gasteiger partial charge in [-0.05, 0) is 30.2 Å². The topological polar surface area (TPSA) is 53.1 Å². The van der Waals surface area contributed by atoms with Gasteiger partial charge in [0.1, 0.15) is 5.82 Å². The number of hydrogen-bond acceptors (Lipinski definition) is 3. The molecule has 0 saturated carbocycles. The maximum atomic E-state index is 5.70. The SMILES string of the molecule is CC(C)COCCn1ccnc1-c1ccc(N)cc1. The Morgan fingerprint density at radius 3 is 2.68 bits per heavy atom. The van der Waals surface area contributed by atoms with E-state index in [1.54, 1.807) is 0 Å². The molecule has 0 bridgehead atoms. The summed E-state index contributed by atoms with van der Waals surface area (Å²) in [6.45, 7) is 6.61. The van der Waals surface area contributed by atoms with Gasteiger partial charge in [0, 0.05) is 36.8 Å². The molecule has 0 aliphatic heterocycles. The molecule has 0 saturated heterocycles. The predicted octanol–water partition coefficient (Wildman–Crippen LogP) is 2.80. The predicted molar refractivity (Wildman–Crippen MR) is 77.7 cm³/mol. The van der Waals surface area contributed by atoms with Crippen LogP contribution in [0.3, 0.4) is 0 Å². The first-order valence-electron chi connectivity index (χ1n) is 6.61. The second-order valence-corrected chi connectivity index (χ2v) is 5.04. The number of nitrogens with two attached hydrogens (primary N) is 1. The van der Waals surface area contributed by atoms with E-state index in [0.29, 0.717) is 12.5 Å². The van der Waals surface area contributed by atoms with Crippen LogP contribution in [0.15, 0.2) is 36.7 Å². The molecule has 0 radical (unpaired) electrons. The summed E-state index contributed by atoms with van der Waals surface area (Å²) in [4.78, 5) is 4.40. The molecule has 0 amide bonds. The summed E-state index contributed by atoms with van der Waals surface area (Å²) in [5.74, 6) is 1.52. The molecule has 2 N–H and O–H groups in total. The van der Waals surface area contributed by atoms with Crippen molar-refractivity contribution in [3.63, 3.8) is 0 Å². The summed E-state index contributed by atoms with van der Waals surface area (Å²) in [5, 5.41) is 0. The van der Waals surface area contributed by atoms with E-state index in [9.17, 15) is 0 Å². The zero-order valence-corrected chi connectivity index (χ0v) is 11.5. The van der Waals surface area contributed by atoms with E-state index >= 15 is 0 Å². The number of nitrogen functional groups attached to an aromatic ring is 1. The van der Waals surface area contributed by atoms with Gasteiger partial charge in [-0.15, -0.1) is 0 Å². The Labute approximate surface area is 114 Å². The van der Waals surface area contributed by atoms with Gasteiger partial charge in [-0.3, -0.25) is 0 Å². The third-order valence-corrected chi connectivity index (χ3v) is 2.81. The molecule has 4 heteroatoms. The van der Waals surface area contributed by atoms with E-state index in [-0.39, 0.29) is 0 Å². The summed E-state index contributed by atoms with van der Waals surface area (Å²) in [6, 6.07) is 7.76. The van der Waals surface area contributed by atoms with Crippen LogP contribution < -0.4 is 5.73 Å². The molecular formula is C15H21N3O. The molecule has 2 aromatic rings. The summed E-state index contributed by atoms with van der Waals surface area (Å²) >= 11 is 0. The zero-order chi connectivity index (χ0) is 13.7. The number of aromatic nitrogens is 2. The molecule has 0 unspecified atom stereocenters. The monoisotopic (exact) mass is 259 g/mol. The maximum absolute atomic E-state index is 5.70. The second-order valence-electron chi connectivity index (χ2n) is 5.04. The summed E-state index contributed by atoms with van der Waals surface area (Å²) in [6.07, 6.45) is 3.79. The van der Waals surface area contributed by atoms with Gasteiger partial charge >= 0.3 is 0 Å². The molecular weight excluding hydrogens is 238 g/mol. The van der Waals surface area contributed by atoms with Crippen LogP contribution in [0.5, 0.6) is 0 Å². The Morgan fingerprint density at radius 2 is 2.00 bits per heavy atom. The first-order valence-corrected chi connectivity index (χ1v) is 6.61. The van der Waals surface area contributed by atoms with Crippen molar-refractivity contribution in [3.8, 4) is 11.4 Å². The highest BCUT2D eigenvalue weighted by Crippen LogP contribution is 2.18. The van der Waals surface area contributed by atoms with E-state index in [1.165, 1.54) is 0 Å². The highest BCUT2D eigenvalue weighted by molar-refractivity contribution is 5.59. The third-order valence-electron chi connectivity index (χ3n) is 2.81. The van der Waals surface area contributed by atoms with Crippen molar-refractivity contribution in [1.29, 1.82) is 0 Å². The van der Waals surface area contributed by atoms with Gasteiger partial charge in [0.25, 0.3) is 0 Å². The van der Waals surface area contributed by atoms with Crippen LogP contribution in [-0.2, 0) is 11.3 Å². The molecule has 0 atom stereocenters. The highest BCUT2D eigenvalue weighted by Gasteiger charge is 2.05. The summed E-state index contributed by atoms with van der Waals surface area (Å²) in [7, 11) is 0. The van der Waals surface area contributed by atoms with Crippen LogP contribution in [0.25, 0.3) is 11.4 Å². The minimum Gasteiger partial charge on any atom is -0.399 e. The van der Waals surface area contributed by atoms with Crippen LogP contribution >= 0.6 is 0 Å². The van der Waals surface area contributed by atoms with Gasteiger partial charge in [0.2, 0.25) is 0 Å². The van der Waals surface area contributed by atoms with Crippen molar-refractivity contribution < 1.29 is 4.74 Å². The number of rotatable bonds is 6. The van der Waals surface area contributed by atoms with Crippen molar-refractivity contribution in [1.82, 2.24) is 9.55 Å². The lowest BCUT2D eigenvalue weighted by Gasteiger charge is -2.10. The number of hydrogen-bond donors (Lipinski definition) is 1. The van der Waals surface area contributed by atoms with Crippen molar-refractivity contribution in [2.75, 3.05) is 18.9 Å². The van der Waals surface area contributed by atoms with Crippen molar-refractivity contribution >= 4 is 5.69 Å². The fourth-order valence-electron chi connectivity index (χ4n) is 1.86. The van der Waals surface area contributed by atoms with Gasteiger partial charge in [0.05, 0.1) is 6.61 Å². The Bertz CT molecular complexity index is 502. The normalized spacial score (nSPS) is 11.1. The van der Waals surface area contributed by atoms with Gasteiger partial charge < -0.3 is 15.0 Å². The molecule has 4 nitrogen and oxygen atoms in total. The highest BCUT2D eigenvalue weighted by atomic mass is 16.5. The molecule has 1 aromatic carbocycles. The lowest BCUT2D eigenvalue weighted by molar-refractivity contribution is 0.103. The van der Waals surface area contributed by atoms with E-state index in [1.807, 2.05) is 36.7 Å². The van der Waals surface area contributed by atoms with E-state index in [2.05, 4.69) is 23.4 Å². The van der Waals surface area contributed by atoms with E-state index in [0.717, 1.165) is 30.2 Å². The molecule has 19 heavy (non-hydrogen) atoms. The minimum absolute atomic E-state index is 0.569. The number of imidazole rings is 1. The fraction of sp³-hybridized carbons (Fsp3) is 0.400. The van der Waals surface area contributed by atoms with Crippen LogP contribution in [0.4, 0.5) is 5.69 Å². The third kappa shape index (κ3) is 3.83. The smallest absolute Gasteiger partial charge is 0.139 e.